The van der Waals surface area contributed by atoms with Crippen LogP contribution in [0.3, 0.4) is 0 Å². The largest absolute Gasteiger partial charge is 0.238 e. The van der Waals surface area contributed by atoms with Gasteiger partial charge in [0.15, 0.2) is 0 Å². The van der Waals surface area contributed by atoms with E-state index >= 15 is 0 Å². The summed E-state index contributed by atoms with van der Waals surface area (Å²) in [5, 5.41) is 4.00. The first-order valence-corrected chi connectivity index (χ1v) is 9.78. The summed E-state index contributed by atoms with van der Waals surface area (Å²) < 4.78 is 0. The van der Waals surface area contributed by atoms with Gasteiger partial charge >= 0.3 is 0 Å². The molecule has 0 fully saturated rings. The van der Waals surface area contributed by atoms with Crippen molar-refractivity contribution in [2.24, 2.45) is 0 Å². The van der Waals surface area contributed by atoms with Crippen molar-refractivity contribution in [1.82, 2.24) is 0 Å². The van der Waals surface area contributed by atoms with Crippen LogP contribution < -0.4 is 15.9 Å². The van der Waals surface area contributed by atoms with Gasteiger partial charge < -0.3 is 0 Å². The molecule has 116 valence electrons. The van der Waals surface area contributed by atoms with Crippen LogP contribution in [0.5, 0.6) is 0 Å². The molecule has 0 atom stereocenters. The van der Waals surface area contributed by atoms with Gasteiger partial charge in [-0.15, -0.1) is 0 Å². The highest BCUT2D eigenvalue weighted by Crippen LogP contribution is 2.51. The van der Waals surface area contributed by atoms with Gasteiger partial charge in [0.05, 0.1) is 0 Å². The second-order valence-electron chi connectivity index (χ2n) is 5.08. The number of halogens is 3. The molecule has 1 N–H and O–H groups in total. The topological polar surface area (TPSA) is 20.2 Å². The molecule has 0 aliphatic rings. The van der Waals surface area contributed by atoms with E-state index in [2.05, 4.69) is 0 Å². The summed E-state index contributed by atoms with van der Waals surface area (Å²) in [6.45, 7) is 0. The zero-order valence-corrected chi connectivity index (χ0v) is 15.1. The second kappa shape index (κ2) is 6.81. The Kier molecular flexibility index (Phi) is 4.96. The van der Waals surface area contributed by atoms with E-state index in [-0.39, 0.29) is 0 Å². The van der Waals surface area contributed by atoms with Gasteiger partial charge in [-0.1, -0.05) is 53.0 Å². The van der Waals surface area contributed by atoms with E-state index in [1.165, 1.54) is 0 Å². The van der Waals surface area contributed by atoms with E-state index in [1.54, 1.807) is 36.4 Å². The third-order valence-corrected chi connectivity index (χ3v) is 7.33. The van der Waals surface area contributed by atoms with Crippen LogP contribution in [0.25, 0.3) is 0 Å². The normalized spacial score (nSPS) is 11.5. The first-order chi connectivity index (χ1) is 11.0. The van der Waals surface area contributed by atoms with Crippen LogP contribution in [0.15, 0.2) is 72.8 Å². The van der Waals surface area contributed by atoms with Crippen LogP contribution in [0, 0.1) is 0 Å². The summed E-state index contributed by atoms with van der Waals surface area (Å²) in [5.74, 6) is 0. The van der Waals surface area contributed by atoms with Gasteiger partial charge in [0, 0.05) is 33.3 Å². The molecule has 0 saturated heterocycles. The Labute approximate surface area is 150 Å². The molecule has 3 rings (SSSR count). The van der Waals surface area contributed by atoms with Crippen molar-refractivity contribution < 1.29 is 4.89 Å². The Bertz CT molecular complexity index is 740. The van der Waals surface area contributed by atoms with Crippen molar-refractivity contribution in [2.45, 2.75) is 0 Å². The maximum absolute atomic E-state index is 11.7. The van der Waals surface area contributed by atoms with Crippen molar-refractivity contribution in [3.63, 3.8) is 0 Å². The lowest BCUT2D eigenvalue weighted by molar-refractivity contribution is 0.633. The van der Waals surface area contributed by atoms with Gasteiger partial charge in [-0.2, -0.15) is 0 Å². The fraction of sp³-hybridized carbons (Fsp3) is 0. The highest BCUT2D eigenvalue weighted by molar-refractivity contribution is 7.91. The Morgan fingerprint density at radius 3 is 1.13 bits per heavy atom. The van der Waals surface area contributed by atoms with Gasteiger partial charge in [-0.05, 0) is 36.4 Å². The number of rotatable bonds is 3. The maximum atomic E-state index is 11.7. The van der Waals surface area contributed by atoms with Crippen molar-refractivity contribution >= 4 is 58.2 Å². The van der Waals surface area contributed by atoms with E-state index < -0.39 is 7.49 Å². The molecule has 0 spiro atoms. The smallest absolute Gasteiger partial charge is 0.235 e. The van der Waals surface area contributed by atoms with Gasteiger partial charge in [0.1, 0.15) is 15.9 Å². The fourth-order valence-electron chi connectivity index (χ4n) is 2.48. The SMILES string of the molecule is O[P+](c1cccc(Cl)c1)(c1cccc(Cl)c1)c1cccc(Cl)c1. The minimum atomic E-state index is -2.86. The summed E-state index contributed by atoms with van der Waals surface area (Å²) >= 11 is 18.4. The van der Waals surface area contributed by atoms with Crippen LogP contribution in [0.2, 0.25) is 15.1 Å². The molecule has 0 radical (unpaired) electrons. The molecule has 3 aromatic rings. The molecule has 0 aromatic heterocycles. The lowest BCUT2D eigenvalue weighted by atomic mass is 10.3. The number of hydrogen-bond acceptors (Lipinski definition) is 1. The van der Waals surface area contributed by atoms with Crippen LogP contribution in [-0.4, -0.2) is 4.89 Å². The lowest BCUT2D eigenvalue weighted by Gasteiger charge is -2.20. The van der Waals surface area contributed by atoms with Crippen LogP contribution in [0.1, 0.15) is 0 Å². The lowest BCUT2D eigenvalue weighted by Crippen LogP contribution is -2.30. The highest BCUT2D eigenvalue weighted by atomic mass is 35.5. The molecule has 1 nitrogen and oxygen atoms in total. The Hall–Kier alpha value is -1.08. The van der Waals surface area contributed by atoms with Crippen molar-refractivity contribution in [2.75, 3.05) is 0 Å². The fourth-order valence-corrected chi connectivity index (χ4v) is 6.06. The van der Waals surface area contributed by atoms with Crippen molar-refractivity contribution in [3.8, 4) is 0 Å². The monoisotopic (exact) mass is 381 g/mol. The number of benzene rings is 3. The predicted molar refractivity (Wildman–Crippen MR) is 102 cm³/mol. The third kappa shape index (κ3) is 3.40. The number of hydrogen-bond donors (Lipinski definition) is 1. The van der Waals surface area contributed by atoms with Gasteiger partial charge in [-0.25, -0.2) is 4.89 Å². The van der Waals surface area contributed by atoms with E-state index in [0.29, 0.717) is 15.1 Å². The maximum Gasteiger partial charge on any atom is 0.238 e. The quantitative estimate of drug-likeness (QED) is 0.642. The average Bonchev–Trinajstić information content (AvgIpc) is 2.54. The molecule has 0 aliphatic heterocycles. The predicted octanol–water partition coefficient (Wildman–Crippen LogP) is 4.85. The van der Waals surface area contributed by atoms with Gasteiger partial charge in [-0.3, -0.25) is 0 Å². The molecular formula is C18H13Cl3OP+. The van der Waals surface area contributed by atoms with E-state index in [9.17, 15) is 4.89 Å². The first-order valence-electron chi connectivity index (χ1n) is 6.90. The molecule has 0 unspecified atom stereocenters. The van der Waals surface area contributed by atoms with E-state index in [4.69, 9.17) is 34.8 Å². The van der Waals surface area contributed by atoms with Gasteiger partial charge in [0.25, 0.3) is 0 Å². The molecule has 0 amide bonds. The molecule has 0 aliphatic carbocycles. The summed E-state index contributed by atoms with van der Waals surface area (Å²) in [6, 6.07) is 21.8. The molecule has 0 heterocycles. The zero-order chi connectivity index (χ0) is 16.4. The molecule has 0 saturated carbocycles. The summed E-state index contributed by atoms with van der Waals surface area (Å²) in [6.07, 6.45) is 0. The highest BCUT2D eigenvalue weighted by Gasteiger charge is 2.44. The molecule has 23 heavy (non-hydrogen) atoms. The van der Waals surface area contributed by atoms with Crippen molar-refractivity contribution in [3.05, 3.63) is 87.9 Å². The summed E-state index contributed by atoms with van der Waals surface area (Å²) in [4.78, 5) is 11.7. The molecule has 5 heteroatoms. The van der Waals surface area contributed by atoms with Crippen molar-refractivity contribution in [1.29, 1.82) is 0 Å². The zero-order valence-electron chi connectivity index (χ0n) is 12.0. The Morgan fingerprint density at radius 1 is 0.565 bits per heavy atom. The van der Waals surface area contributed by atoms with E-state index in [0.717, 1.165) is 15.9 Å². The summed E-state index contributed by atoms with van der Waals surface area (Å²) in [5.41, 5.74) is 0. The minimum absolute atomic E-state index is 0.574. The Balaban J connectivity index is 2.29. The standard InChI is InChI=1S/C18H13Cl3OP/c19-13-4-1-7-16(10-13)23(22,17-8-2-5-14(20)11-17)18-9-3-6-15(21)12-18/h1-12,22H/q+1. The molecular weight excluding hydrogens is 370 g/mol. The average molecular weight is 383 g/mol. The van der Waals surface area contributed by atoms with E-state index in [1.807, 2.05) is 36.4 Å². The molecule has 3 aromatic carbocycles. The van der Waals surface area contributed by atoms with Crippen LogP contribution >= 0.6 is 42.3 Å². The molecule has 0 bridgehead atoms. The Morgan fingerprint density at radius 2 is 0.870 bits per heavy atom. The first kappa shape index (κ1) is 16.8. The van der Waals surface area contributed by atoms with Crippen LogP contribution in [0.4, 0.5) is 0 Å². The van der Waals surface area contributed by atoms with Gasteiger partial charge in [0.2, 0.25) is 7.49 Å². The van der Waals surface area contributed by atoms with Crippen LogP contribution in [-0.2, 0) is 0 Å². The minimum Gasteiger partial charge on any atom is -0.235 e. The third-order valence-electron chi connectivity index (χ3n) is 3.55. The summed E-state index contributed by atoms with van der Waals surface area (Å²) in [7, 11) is -2.86. The second-order valence-corrected chi connectivity index (χ2v) is 9.20.